The van der Waals surface area contributed by atoms with Gasteiger partial charge < -0.3 is 14.5 Å². The summed E-state index contributed by atoms with van der Waals surface area (Å²) in [5.74, 6) is 2.81. The molecular formula is C20H24N4O2S. The monoisotopic (exact) mass is 384 g/mol. The Morgan fingerprint density at radius 1 is 1.19 bits per heavy atom. The molecule has 4 rings (SSSR count). The van der Waals surface area contributed by atoms with Crippen molar-refractivity contribution in [1.82, 2.24) is 19.9 Å². The summed E-state index contributed by atoms with van der Waals surface area (Å²) >= 11 is 1.62. The summed E-state index contributed by atoms with van der Waals surface area (Å²) in [7, 11) is 0. The molecule has 7 heteroatoms. The van der Waals surface area contributed by atoms with Gasteiger partial charge in [0.1, 0.15) is 0 Å². The number of thioether (sulfide) groups is 1. The number of imidazole rings is 1. The van der Waals surface area contributed by atoms with E-state index in [1.807, 2.05) is 24.3 Å². The van der Waals surface area contributed by atoms with E-state index in [0.717, 1.165) is 41.4 Å². The molecule has 1 aliphatic carbocycles. The highest BCUT2D eigenvalue weighted by molar-refractivity contribution is 7.98. The van der Waals surface area contributed by atoms with Gasteiger partial charge in [-0.15, -0.1) is 0 Å². The molecule has 3 aromatic rings. The van der Waals surface area contributed by atoms with E-state index in [-0.39, 0.29) is 0 Å². The van der Waals surface area contributed by atoms with Crippen LogP contribution in [-0.2, 0) is 5.75 Å². The fourth-order valence-electron chi connectivity index (χ4n) is 2.61. The van der Waals surface area contributed by atoms with Gasteiger partial charge in [-0.1, -0.05) is 31.2 Å². The van der Waals surface area contributed by atoms with Crippen LogP contribution in [0.1, 0.15) is 38.2 Å². The molecule has 3 heterocycles. The zero-order valence-corrected chi connectivity index (χ0v) is 16.3. The summed E-state index contributed by atoms with van der Waals surface area (Å²) in [6.07, 6.45) is 6.44. The summed E-state index contributed by atoms with van der Waals surface area (Å²) in [5, 5.41) is 0.834. The number of ether oxygens (including phenoxy) is 2. The lowest BCUT2D eigenvalue weighted by molar-refractivity contribution is 0.289. The van der Waals surface area contributed by atoms with Crippen molar-refractivity contribution in [2.45, 2.75) is 43.5 Å². The number of hydrogen-bond donors (Lipinski definition) is 1. The Hall–Kier alpha value is -2.28. The molecule has 0 aromatic carbocycles. The Morgan fingerprint density at radius 2 is 2.11 bits per heavy atom. The molecule has 0 bridgehead atoms. The molecule has 0 saturated heterocycles. The average Bonchev–Trinajstić information content (AvgIpc) is 3.43. The third kappa shape index (κ3) is 4.91. The molecular weight excluding hydrogens is 360 g/mol. The molecule has 142 valence electrons. The van der Waals surface area contributed by atoms with Crippen molar-refractivity contribution in [2.75, 3.05) is 13.2 Å². The predicted octanol–water partition coefficient (Wildman–Crippen LogP) is 4.61. The minimum Gasteiger partial charge on any atom is -0.477 e. The van der Waals surface area contributed by atoms with Gasteiger partial charge in [0.25, 0.3) is 0 Å². The lowest BCUT2D eigenvalue weighted by atomic mass is 10.3. The number of nitrogens with zero attached hydrogens (tertiary/aromatic N) is 3. The number of nitrogens with one attached hydrogen (secondary N) is 1. The van der Waals surface area contributed by atoms with Crippen LogP contribution in [0.4, 0.5) is 0 Å². The summed E-state index contributed by atoms with van der Waals surface area (Å²) in [6, 6.07) is 7.86. The lowest BCUT2D eigenvalue weighted by Crippen LogP contribution is -2.01. The van der Waals surface area contributed by atoms with Gasteiger partial charge in [-0.3, -0.25) is 0 Å². The Balaban J connectivity index is 1.39. The maximum absolute atomic E-state index is 5.81. The maximum Gasteiger partial charge on any atom is 0.217 e. The third-order valence-electron chi connectivity index (χ3n) is 4.41. The molecule has 1 N–H and O–H groups in total. The second kappa shape index (κ2) is 8.61. The second-order valence-electron chi connectivity index (χ2n) is 6.78. The summed E-state index contributed by atoms with van der Waals surface area (Å²) in [4.78, 5) is 16.8. The zero-order valence-electron chi connectivity index (χ0n) is 15.5. The molecule has 1 fully saturated rings. The topological polar surface area (TPSA) is 72.9 Å². The molecule has 0 radical (unpaired) electrons. The highest BCUT2D eigenvalue weighted by atomic mass is 32.2. The van der Waals surface area contributed by atoms with Gasteiger partial charge in [0.15, 0.2) is 10.8 Å². The number of aromatic nitrogens is 4. The normalized spacial score (nSPS) is 13.8. The largest absolute Gasteiger partial charge is 0.477 e. The minimum atomic E-state index is 0.649. The first-order valence-electron chi connectivity index (χ1n) is 9.51. The van der Waals surface area contributed by atoms with E-state index < -0.39 is 0 Å². The van der Waals surface area contributed by atoms with Crippen molar-refractivity contribution in [1.29, 1.82) is 0 Å². The first-order chi connectivity index (χ1) is 13.3. The molecule has 27 heavy (non-hydrogen) atoms. The number of pyridine rings is 2. The fourth-order valence-corrected chi connectivity index (χ4v) is 3.46. The van der Waals surface area contributed by atoms with E-state index in [2.05, 4.69) is 26.9 Å². The molecule has 0 atom stereocenters. The molecule has 1 aliphatic rings. The van der Waals surface area contributed by atoms with Crippen LogP contribution in [0.25, 0.3) is 11.2 Å². The second-order valence-corrected chi connectivity index (χ2v) is 7.74. The molecule has 0 amide bonds. The Labute approximate surface area is 163 Å². The number of rotatable bonds is 10. The molecule has 0 aliphatic heterocycles. The summed E-state index contributed by atoms with van der Waals surface area (Å²) in [6.45, 7) is 3.60. The van der Waals surface area contributed by atoms with Crippen LogP contribution in [0, 0.1) is 5.92 Å². The maximum atomic E-state index is 5.81. The van der Waals surface area contributed by atoms with E-state index in [1.54, 1.807) is 18.0 Å². The zero-order chi connectivity index (χ0) is 18.5. The Morgan fingerprint density at radius 3 is 2.96 bits per heavy atom. The first kappa shape index (κ1) is 18.1. The first-order valence-corrected chi connectivity index (χ1v) is 10.5. The van der Waals surface area contributed by atoms with Crippen LogP contribution in [-0.4, -0.2) is 33.1 Å². The van der Waals surface area contributed by atoms with Crippen molar-refractivity contribution < 1.29 is 9.47 Å². The number of hydrogen-bond acceptors (Lipinski definition) is 6. The van der Waals surface area contributed by atoms with Crippen LogP contribution in [0.5, 0.6) is 11.8 Å². The lowest BCUT2D eigenvalue weighted by Gasteiger charge is -2.08. The van der Waals surface area contributed by atoms with Gasteiger partial charge in [0, 0.05) is 23.6 Å². The number of unbranched alkanes of at least 4 members (excludes halogenated alkanes) is 1. The molecule has 3 aromatic heterocycles. The van der Waals surface area contributed by atoms with Gasteiger partial charge in [-0.25, -0.2) is 9.97 Å². The molecule has 0 unspecified atom stereocenters. The average molecular weight is 385 g/mol. The SMILES string of the molecule is CCCCOc1ncccc1CSc1nc2nc(OCC3CC3)ccc2[nH]1. The van der Waals surface area contributed by atoms with Gasteiger partial charge in [-0.2, -0.15) is 4.98 Å². The number of H-pyrrole nitrogens is 1. The predicted molar refractivity (Wildman–Crippen MR) is 106 cm³/mol. The standard InChI is InChI=1S/C20H24N4O2S/c1-2-3-11-25-19-15(5-4-10-21-19)13-27-20-22-16-8-9-17(23-18(16)24-20)26-12-14-6-7-14/h4-5,8-10,14H,2-3,6-7,11-13H2,1H3,(H,22,23,24). The van der Waals surface area contributed by atoms with Crippen LogP contribution >= 0.6 is 11.8 Å². The molecule has 1 saturated carbocycles. The number of aromatic amines is 1. The van der Waals surface area contributed by atoms with Gasteiger partial charge >= 0.3 is 0 Å². The van der Waals surface area contributed by atoms with Crippen molar-refractivity contribution in [3.63, 3.8) is 0 Å². The van der Waals surface area contributed by atoms with Crippen LogP contribution in [0.2, 0.25) is 0 Å². The van der Waals surface area contributed by atoms with Gasteiger partial charge in [0.2, 0.25) is 11.8 Å². The van der Waals surface area contributed by atoms with E-state index in [4.69, 9.17) is 9.47 Å². The smallest absolute Gasteiger partial charge is 0.217 e. The highest BCUT2D eigenvalue weighted by Gasteiger charge is 2.22. The van der Waals surface area contributed by atoms with E-state index in [0.29, 0.717) is 29.9 Å². The quantitative estimate of drug-likeness (QED) is 0.406. The van der Waals surface area contributed by atoms with Crippen molar-refractivity contribution in [2.24, 2.45) is 5.92 Å². The van der Waals surface area contributed by atoms with Crippen molar-refractivity contribution in [3.8, 4) is 11.8 Å². The van der Waals surface area contributed by atoms with Crippen LogP contribution < -0.4 is 9.47 Å². The van der Waals surface area contributed by atoms with Crippen LogP contribution in [0.15, 0.2) is 35.6 Å². The summed E-state index contributed by atoms with van der Waals surface area (Å²) < 4.78 is 11.6. The van der Waals surface area contributed by atoms with E-state index in [9.17, 15) is 0 Å². The molecule has 6 nitrogen and oxygen atoms in total. The van der Waals surface area contributed by atoms with Crippen LogP contribution in [0.3, 0.4) is 0 Å². The van der Waals surface area contributed by atoms with Gasteiger partial charge in [0.05, 0.1) is 18.7 Å². The Bertz CT molecular complexity index is 895. The fraction of sp³-hybridized carbons (Fsp3) is 0.450. The van der Waals surface area contributed by atoms with Gasteiger partial charge in [-0.05, 0) is 37.3 Å². The third-order valence-corrected chi connectivity index (χ3v) is 5.34. The summed E-state index contributed by atoms with van der Waals surface area (Å²) in [5.41, 5.74) is 2.68. The minimum absolute atomic E-state index is 0.649. The van der Waals surface area contributed by atoms with E-state index >= 15 is 0 Å². The highest BCUT2D eigenvalue weighted by Crippen LogP contribution is 2.30. The Kier molecular flexibility index (Phi) is 5.77. The number of fused-ring (bicyclic) bond motifs is 1. The van der Waals surface area contributed by atoms with Crippen molar-refractivity contribution in [3.05, 3.63) is 36.0 Å². The molecule has 0 spiro atoms. The van der Waals surface area contributed by atoms with Crippen molar-refractivity contribution >= 4 is 22.9 Å². The van der Waals surface area contributed by atoms with E-state index in [1.165, 1.54) is 12.8 Å².